The molecule has 0 saturated heterocycles. The van der Waals surface area contributed by atoms with Crippen molar-refractivity contribution in [3.63, 3.8) is 0 Å². The van der Waals surface area contributed by atoms with Crippen molar-refractivity contribution in [2.45, 2.75) is 31.7 Å². The van der Waals surface area contributed by atoms with E-state index in [2.05, 4.69) is 10.6 Å². The molecule has 0 saturated carbocycles. The van der Waals surface area contributed by atoms with Gasteiger partial charge in [0.25, 0.3) is 11.6 Å². The van der Waals surface area contributed by atoms with E-state index in [1.165, 1.54) is 31.4 Å². The number of aryl methyl sites for hydroxylation is 1. The number of methoxy groups -OCH3 is 1. The number of hydrogen-bond acceptors (Lipinski definition) is 7. The third-order valence-corrected chi connectivity index (χ3v) is 7.77. The van der Waals surface area contributed by atoms with E-state index in [-0.39, 0.29) is 38.9 Å². The summed E-state index contributed by atoms with van der Waals surface area (Å²) in [6, 6.07) is 18.2. The fourth-order valence-corrected chi connectivity index (χ4v) is 5.71. The highest BCUT2D eigenvalue weighted by Gasteiger charge is 2.41. The van der Waals surface area contributed by atoms with Crippen LogP contribution in [0.1, 0.15) is 35.1 Å². The Bertz CT molecular complexity index is 1660. The summed E-state index contributed by atoms with van der Waals surface area (Å²) in [5.74, 6) is -1.55. The lowest BCUT2D eigenvalue weighted by Crippen LogP contribution is -2.31. The van der Waals surface area contributed by atoms with Gasteiger partial charge in [-0.2, -0.15) is 18.4 Å². The smallest absolute Gasteiger partial charge is 0.416 e. The topological polar surface area (TPSA) is 117 Å². The molecule has 216 valence electrons. The second-order valence-electron chi connectivity index (χ2n) is 9.36. The lowest BCUT2D eigenvalue weighted by Gasteiger charge is -2.31. The summed E-state index contributed by atoms with van der Waals surface area (Å²) in [5, 5.41) is 27.7. The van der Waals surface area contributed by atoms with Gasteiger partial charge >= 0.3 is 6.18 Å². The predicted octanol–water partition coefficient (Wildman–Crippen LogP) is 7.20. The molecule has 2 N–H and O–H groups in total. The number of nitro benzene ring substituents is 1. The van der Waals surface area contributed by atoms with Crippen molar-refractivity contribution in [2.24, 2.45) is 0 Å². The van der Waals surface area contributed by atoms with Crippen LogP contribution < -0.4 is 15.4 Å². The molecule has 0 radical (unpaired) electrons. The highest BCUT2D eigenvalue weighted by atomic mass is 32.2. The summed E-state index contributed by atoms with van der Waals surface area (Å²) in [6.45, 7) is 3.16. The Hall–Kier alpha value is -4.76. The third kappa shape index (κ3) is 6.26. The van der Waals surface area contributed by atoms with Crippen LogP contribution in [0.3, 0.4) is 0 Å². The zero-order valence-corrected chi connectivity index (χ0v) is 23.5. The number of nitrogens with zero attached hydrogens (tertiary/aromatic N) is 2. The molecule has 4 rings (SSSR count). The van der Waals surface area contributed by atoms with E-state index >= 15 is 0 Å². The van der Waals surface area contributed by atoms with Gasteiger partial charge in [-0.15, -0.1) is 11.8 Å². The summed E-state index contributed by atoms with van der Waals surface area (Å²) in [5.41, 5.74) is 0.168. The van der Waals surface area contributed by atoms with Gasteiger partial charge in [-0.3, -0.25) is 14.9 Å². The second kappa shape index (κ2) is 12.4. The number of hydrogen-bond donors (Lipinski definition) is 2. The normalized spacial score (nSPS) is 15.1. The molecule has 12 heteroatoms. The lowest BCUT2D eigenvalue weighted by molar-refractivity contribution is -0.385. The van der Waals surface area contributed by atoms with Crippen molar-refractivity contribution in [1.82, 2.24) is 5.32 Å². The minimum atomic E-state index is -4.76. The molecule has 1 unspecified atom stereocenters. The van der Waals surface area contributed by atoms with E-state index in [0.29, 0.717) is 22.6 Å². The van der Waals surface area contributed by atoms with Gasteiger partial charge in [0.15, 0.2) is 0 Å². The minimum Gasteiger partial charge on any atom is -0.495 e. The zero-order valence-electron chi connectivity index (χ0n) is 22.7. The quantitative estimate of drug-likeness (QED) is 0.209. The van der Waals surface area contributed by atoms with Crippen LogP contribution in [-0.2, 0) is 16.7 Å². The van der Waals surface area contributed by atoms with E-state index in [1.807, 2.05) is 6.07 Å². The van der Waals surface area contributed by atoms with Crippen LogP contribution in [0.5, 0.6) is 5.75 Å². The first kappa shape index (κ1) is 30.2. The molecule has 42 heavy (non-hydrogen) atoms. The maximum atomic E-state index is 14.2. The SMILES string of the molecule is COc1ccccc1NC(=O)C1=C(C)NC(SCc2ccc(C)c([N+](=O)[O-])c2)=C(C#N)C1c1ccccc1C(F)(F)F. The monoisotopic (exact) mass is 594 g/mol. The van der Waals surface area contributed by atoms with Gasteiger partial charge in [-0.25, -0.2) is 0 Å². The molecule has 3 aromatic rings. The molecule has 8 nitrogen and oxygen atoms in total. The number of ether oxygens (including phenoxy) is 1. The van der Waals surface area contributed by atoms with Crippen LogP contribution in [0.25, 0.3) is 0 Å². The number of thioether (sulfide) groups is 1. The average molecular weight is 595 g/mol. The highest BCUT2D eigenvalue weighted by Crippen LogP contribution is 2.46. The molecule has 0 aromatic heterocycles. The summed E-state index contributed by atoms with van der Waals surface area (Å²) >= 11 is 1.11. The van der Waals surface area contributed by atoms with Crippen LogP contribution in [0.15, 0.2) is 88.6 Å². The van der Waals surface area contributed by atoms with Gasteiger partial charge in [-0.05, 0) is 43.2 Å². The number of nitro groups is 1. The van der Waals surface area contributed by atoms with Crippen LogP contribution in [-0.4, -0.2) is 17.9 Å². The first-order valence-electron chi connectivity index (χ1n) is 12.6. The molecule has 0 bridgehead atoms. The maximum Gasteiger partial charge on any atom is 0.416 e. The van der Waals surface area contributed by atoms with Gasteiger partial charge in [0.05, 0.1) is 45.9 Å². The first-order chi connectivity index (χ1) is 20.0. The van der Waals surface area contributed by atoms with Crippen LogP contribution in [0, 0.1) is 28.4 Å². The number of anilines is 1. The predicted molar refractivity (Wildman–Crippen MR) is 153 cm³/mol. The molecule has 1 aliphatic heterocycles. The van der Waals surface area contributed by atoms with Crippen molar-refractivity contribution in [1.29, 1.82) is 5.26 Å². The Kier molecular flexibility index (Phi) is 8.92. The van der Waals surface area contributed by atoms with E-state index in [0.717, 1.165) is 17.8 Å². The zero-order chi connectivity index (χ0) is 30.6. The fourth-order valence-electron chi connectivity index (χ4n) is 4.68. The Morgan fingerprint density at radius 2 is 1.83 bits per heavy atom. The van der Waals surface area contributed by atoms with E-state index in [1.54, 1.807) is 50.2 Å². The Morgan fingerprint density at radius 1 is 1.14 bits per heavy atom. The van der Waals surface area contributed by atoms with Crippen molar-refractivity contribution in [2.75, 3.05) is 12.4 Å². The number of nitrogens with one attached hydrogen (secondary N) is 2. The van der Waals surface area contributed by atoms with Gasteiger partial charge in [0.2, 0.25) is 0 Å². The Labute approximate surface area is 244 Å². The summed E-state index contributed by atoms with van der Waals surface area (Å²) in [7, 11) is 1.42. The van der Waals surface area contributed by atoms with Gasteiger partial charge in [0, 0.05) is 28.7 Å². The summed E-state index contributed by atoms with van der Waals surface area (Å²) in [6.07, 6.45) is -4.76. The fraction of sp³-hybridized carbons (Fsp3) is 0.200. The lowest BCUT2D eigenvalue weighted by atomic mass is 9.80. The number of carbonyl (C=O) groups excluding carboxylic acids is 1. The molecular weight excluding hydrogens is 569 g/mol. The van der Waals surface area contributed by atoms with Gasteiger partial charge in [-0.1, -0.05) is 42.5 Å². The van der Waals surface area contributed by atoms with Crippen LogP contribution >= 0.6 is 11.8 Å². The number of nitriles is 1. The average Bonchev–Trinajstić information content (AvgIpc) is 2.95. The number of allylic oxidation sites excluding steroid dienone is 2. The maximum absolute atomic E-state index is 14.2. The number of benzene rings is 3. The number of amides is 1. The molecule has 1 atom stereocenters. The van der Waals surface area contributed by atoms with Crippen molar-refractivity contribution < 1.29 is 27.6 Å². The third-order valence-electron chi connectivity index (χ3n) is 6.68. The van der Waals surface area contributed by atoms with Crippen molar-refractivity contribution in [3.05, 3.63) is 121 Å². The molecule has 0 fully saturated rings. The Morgan fingerprint density at radius 3 is 2.50 bits per heavy atom. The van der Waals surface area contributed by atoms with Crippen LogP contribution in [0.4, 0.5) is 24.5 Å². The van der Waals surface area contributed by atoms with E-state index in [9.17, 15) is 33.3 Å². The molecule has 1 heterocycles. The summed E-state index contributed by atoms with van der Waals surface area (Å²) < 4.78 is 47.9. The molecule has 0 spiro atoms. The van der Waals surface area contributed by atoms with Gasteiger partial charge in [0.1, 0.15) is 5.75 Å². The van der Waals surface area contributed by atoms with Gasteiger partial charge < -0.3 is 15.4 Å². The van der Waals surface area contributed by atoms with E-state index < -0.39 is 28.5 Å². The molecule has 1 amide bonds. The Balaban J connectivity index is 1.81. The molecule has 3 aromatic carbocycles. The number of halogens is 3. The first-order valence-corrected chi connectivity index (χ1v) is 13.5. The highest BCUT2D eigenvalue weighted by molar-refractivity contribution is 8.02. The molecule has 0 aliphatic carbocycles. The second-order valence-corrected chi connectivity index (χ2v) is 10.3. The van der Waals surface area contributed by atoms with Crippen molar-refractivity contribution >= 4 is 29.0 Å². The number of alkyl halides is 3. The molecular formula is C30H25F3N4O4S. The minimum absolute atomic E-state index is 0.0653. The van der Waals surface area contributed by atoms with Crippen molar-refractivity contribution in [3.8, 4) is 11.8 Å². The largest absolute Gasteiger partial charge is 0.495 e. The number of carbonyl (C=O) groups is 1. The standard InChI is InChI=1S/C30H25F3N4O4S/c1-17-12-13-19(14-24(17)37(39)40)16-42-29-21(15-34)27(20-8-4-5-9-22(20)30(31,32)33)26(18(2)35-29)28(38)36-23-10-6-7-11-25(23)41-3/h4-14,27,35H,16H2,1-3H3,(H,36,38). The summed E-state index contributed by atoms with van der Waals surface area (Å²) in [4.78, 5) is 24.6. The van der Waals surface area contributed by atoms with Crippen LogP contribution in [0.2, 0.25) is 0 Å². The number of dihydropyridines is 1. The van der Waals surface area contributed by atoms with E-state index in [4.69, 9.17) is 4.74 Å². The number of rotatable bonds is 8. The molecule has 1 aliphatic rings. The number of para-hydroxylation sites is 2.